The van der Waals surface area contributed by atoms with Gasteiger partial charge in [0.15, 0.2) is 0 Å². The zero-order chi connectivity index (χ0) is 15.1. The lowest BCUT2D eigenvalue weighted by Crippen LogP contribution is -2.13. The Hall–Kier alpha value is -2.07. The molecule has 1 amide bonds. The van der Waals surface area contributed by atoms with E-state index in [-0.39, 0.29) is 5.91 Å². The highest BCUT2D eigenvalue weighted by atomic mass is 35.5. The molecule has 4 nitrogen and oxygen atoms in total. The van der Waals surface area contributed by atoms with Crippen molar-refractivity contribution in [2.45, 2.75) is 19.8 Å². The maximum absolute atomic E-state index is 12.2. The average molecular weight is 305 g/mol. The van der Waals surface area contributed by atoms with Gasteiger partial charge in [-0.15, -0.1) is 0 Å². The smallest absolute Gasteiger partial charge is 0.257 e. The van der Waals surface area contributed by atoms with Crippen LogP contribution in [0.15, 0.2) is 42.6 Å². The number of nitrogens with one attached hydrogen (secondary N) is 1. The summed E-state index contributed by atoms with van der Waals surface area (Å²) in [7, 11) is 0. The van der Waals surface area contributed by atoms with Gasteiger partial charge >= 0.3 is 0 Å². The topological polar surface area (TPSA) is 51.2 Å². The van der Waals surface area contributed by atoms with Crippen molar-refractivity contribution in [3.63, 3.8) is 0 Å². The summed E-state index contributed by atoms with van der Waals surface area (Å²) >= 11 is 5.71. The molecular formula is C16H17ClN2O2. The van der Waals surface area contributed by atoms with Gasteiger partial charge in [0.25, 0.3) is 5.91 Å². The van der Waals surface area contributed by atoms with E-state index in [1.165, 1.54) is 6.20 Å². The van der Waals surface area contributed by atoms with Gasteiger partial charge in [0.2, 0.25) is 0 Å². The molecule has 0 saturated carbocycles. The number of rotatable bonds is 6. The molecule has 2 rings (SSSR count). The van der Waals surface area contributed by atoms with E-state index in [4.69, 9.17) is 16.3 Å². The van der Waals surface area contributed by atoms with Crippen LogP contribution in [0.1, 0.15) is 30.1 Å². The number of nitrogens with zero attached hydrogens (tertiary/aromatic N) is 1. The Morgan fingerprint density at radius 2 is 2.10 bits per heavy atom. The molecule has 0 atom stereocenters. The van der Waals surface area contributed by atoms with Gasteiger partial charge in [-0.25, -0.2) is 4.98 Å². The normalized spacial score (nSPS) is 10.2. The second-order valence-corrected chi connectivity index (χ2v) is 4.91. The number of unbranched alkanes of at least 4 members (excludes halogenated alkanes) is 1. The number of amides is 1. The fraction of sp³-hybridized carbons (Fsp3) is 0.250. The number of hydrogen-bond acceptors (Lipinski definition) is 3. The van der Waals surface area contributed by atoms with Gasteiger partial charge in [-0.05, 0) is 30.7 Å². The Morgan fingerprint density at radius 3 is 2.81 bits per heavy atom. The van der Waals surface area contributed by atoms with E-state index in [0.29, 0.717) is 28.8 Å². The first-order chi connectivity index (χ1) is 10.2. The average Bonchev–Trinajstić information content (AvgIpc) is 2.50. The predicted octanol–water partition coefficient (Wildman–Crippen LogP) is 4.17. The van der Waals surface area contributed by atoms with Crippen molar-refractivity contribution in [3.05, 3.63) is 53.3 Å². The first-order valence-corrected chi connectivity index (χ1v) is 7.23. The van der Waals surface area contributed by atoms with E-state index < -0.39 is 0 Å². The van der Waals surface area contributed by atoms with Crippen LogP contribution in [0.4, 0.5) is 5.69 Å². The molecule has 0 unspecified atom stereocenters. The lowest BCUT2D eigenvalue weighted by molar-refractivity contribution is 0.102. The molecule has 110 valence electrons. The van der Waals surface area contributed by atoms with Crippen LogP contribution in [-0.2, 0) is 0 Å². The lowest BCUT2D eigenvalue weighted by atomic mass is 10.2. The minimum Gasteiger partial charge on any atom is -0.491 e. The maximum Gasteiger partial charge on any atom is 0.257 e. The van der Waals surface area contributed by atoms with Crippen molar-refractivity contribution in [1.29, 1.82) is 0 Å². The van der Waals surface area contributed by atoms with Crippen molar-refractivity contribution in [2.75, 3.05) is 11.9 Å². The van der Waals surface area contributed by atoms with E-state index in [1.807, 2.05) is 24.3 Å². The molecule has 21 heavy (non-hydrogen) atoms. The van der Waals surface area contributed by atoms with E-state index in [2.05, 4.69) is 17.2 Å². The summed E-state index contributed by atoms with van der Waals surface area (Å²) in [4.78, 5) is 16.1. The monoisotopic (exact) mass is 304 g/mol. The summed E-state index contributed by atoms with van der Waals surface area (Å²) in [6.07, 6.45) is 3.48. The molecule has 1 aromatic carbocycles. The number of ether oxygens (including phenoxy) is 1. The largest absolute Gasteiger partial charge is 0.491 e. The minimum atomic E-state index is -0.245. The number of para-hydroxylation sites is 2. The second-order valence-electron chi connectivity index (χ2n) is 4.52. The number of pyridine rings is 1. The van der Waals surface area contributed by atoms with E-state index in [1.54, 1.807) is 12.1 Å². The number of anilines is 1. The molecule has 0 aliphatic heterocycles. The molecule has 0 aliphatic carbocycles. The molecule has 0 saturated heterocycles. The number of benzene rings is 1. The van der Waals surface area contributed by atoms with Crippen molar-refractivity contribution in [1.82, 2.24) is 4.98 Å². The van der Waals surface area contributed by atoms with Crippen LogP contribution in [-0.4, -0.2) is 17.5 Å². The van der Waals surface area contributed by atoms with Crippen LogP contribution >= 0.6 is 11.6 Å². The first kappa shape index (κ1) is 15.3. The molecule has 1 heterocycles. The highest BCUT2D eigenvalue weighted by Gasteiger charge is 2.10. The van der Waals surface area contributed by atoms with Crippen molar-refractivity contribution < 1.29 is 9.53 Å². The molecule has 0 spiro atoms. The molecule has 1 aromatic heterocycles. The predicted molar refractivity (Wildman–Crippen MR) is 84.0 cm³/mol. The number of carbonyl (C=O) groups is 1. The number of hydrogen-bond donors (Lipinski definition) is 1. The van der Waals surface area contributed by atoms with Crippen molar-refractivity contribution in [3.8, 4) is 5.75 Å². The summed E-state index contributed by atoms with van der Waals surface area (Å²) in [5.41, 5.74) is 1.09. The van der Waals surface area contributed by atoms with Crippen LogP contribution < -0.4 is 10.1 Å². The first-order valence-electron chi connectivity index (χ1n) is 6.85. The third-order valence-corrected chi connectivity index (χ3v) is 3.10. The van der Waals surface area contributed by atoms with Crippen LogP contribution in [0.3, 0.4) is 0 Å². The third-order valence-electron chi connectivity index (χ3n) is 2.88. The molecule has 5 heteroatoms. The number of aromatic nitrogens is 1. The SMILES string of the molecule is CCCCOc1ccccc1NC(=O)c1ccc(Cl)nc1. The van der Waals surface area contributed by atoms with Gasteiger partial charge in [-0.1, -0.05) is 37.1 Å². The van der Waals surface area contributed by atoms with E-state index in [9.17, 15) is 4.79 Å². The van der Waals surface area contributed by atoms with Gasteiger partial charge in [0.05, 0.1) is 17.9 Å². The fourth-order valence-electron chi connectivity index (χ4n) is 1.73. The van der Waals surface area contributed by atoms with Gasteiger partial charge < -0.3 is 10.1 Å². The summed E-state index contributed by atoms with van der Waals surface area (Å²) in [5, 5.41) is 3.18. The Morgan fingerprint density at radius 1 is 1.29 bits per heavy atom. The van der Waals surface area contributed by atoms with E-state index in [0.717, 1.165) is 12.8 Å². The van der Waals surface area contributed by atoms with Crippen LogP contribution in [0, 0.1) is 0 Å². The summed E-state index contributed by atoms with van der Waals surface area (Å²) in [5.74, 6) is 0.423. The quantitative estimate of drug-likeness (QED) is 0.644. The Bertz CT molecular complexity index is 599. The fourth-order valence-corrected chi connectivity index (χ4v) is 1.84. The molecule has 0 radical (unpaired) electrons. The summed E-state index contributed by atoms with van der Waals surface area (Å²) in [6.45, 7) is 2.73. The zero-order valence-corrected chi connectivity index (χ0v) is 12.6. The maximum atomic E-state index is 12.2. The van der Waals surface area contributed by atoms with Gasteiger partial charge in [-0.3, -0.25) is 4.79 Å². The molecule has 0 aliphatic rings. The molecule has 1 N–H and O–H groups in total. The Kier molecular flexibility index (Phi) is 5.58. The Labute approximate surface area is 129 Å². The lowest BCUT2D eigenvalue weighted by Gasteiger charge is -2.12. The number of carbonyl (C=O) groups excluding carboxylic acids is 1. The van der Waals surface area contributed by atoms with Gasteiger partial charge in [0, 0.05) is 6.20 Å². The summed E-state index contributed by atoms with van der Waals surface area (Å²) < 4.78 is 5.68. The highest BCUT2D eigenvalue weighted by molar-refractivity contribution is 6.29. The molecule has 0 fully saturated rings. The van der Waals surface area contributed by atoms with Crippen LogP contribution in [0.25, 0.3) is 0 Å². The van der Waals surface area contributed by atoms with E-state index >= 15 is 0 Å². The van der Waals surface area contributed by atoms with Crippen LogP contribution in [0.5, 0.6) is 5.75 Å². The second kappa shape index (κ2) is 7.64. The highest BCUT2D eigenvalue weighted by Crippen LogP contribution is 2.24. The van der Waals surface area contributed by atoms with Gasteiger partial charge in [0.1, 0.15) is 10.9 Å². The van der Waals surface area contributed by atoms with Crippen molar-refractivity contribution in [2.24, 2.45) is 0 Å². The van der Waals surface area contributed by atoms with Gasteiger partial charge in [-0.2, -0.15) is 0 Å². The molecular weight excluding hydrogens is 288 g/mol. The standard InChI is InChI=1S/C16H17ClN2O2/c1-2-3-10-21-14-7-5-4-6-13(14)19-16(20)12-8-9-15(17)18-11-12/h4-9,11H,2-3,10H2,1H3,(H,19,20). The molecule has 0 bridgehead atoms. The summed E-state index contributed by atoms with van der Waals surface area (Å²) in [6, 6.07) is 10.6. The number of halogens is 1. The molecule has 2 aromatic rings. The van der Waals surface area contributed by atoms with Crippen LogP contribution in [0.2, 0.25) is 5.15 Å². The Balaban J connectivity index is 2.08. The minimum absolute atomic E-state index is 0.245. The third kappa shape index (κ3) is 4.46. The van der Waals surface area contributed by atoms with Crippen molar-refractivity contribution >= 4 is 23.2 Å². The zero-order valence-electron chi connectivity index (χ0n) is 11.8.